The van der Waals surface area contributed by atoms with E-state index in [0.29, 0.717) is 17.3 Å². The van der Waals surface area contributed by atoms with E-state index in [-0.39, 0.29) is 5.91 Å². The van der Waals surface area contributed by atoms with Crippen molar-refractivity contribution in [2.75, 3.05) is 7.11 Å². The van der Waals surface area contributed by atoms with Crippen LogP contribution in [0.2, 0.25) is 5.02 Å². The normalized spacial score (nSPS) is 11.1. The van der Waals surface area contributed by atoms with Crippen LogP contribution in [0.4, 0.5) is 0 Å². The fraction of sp³-hybridized carbons (Fsp3) is 0.0870. The van der Waals surface area contributed by atoms with Gasteiger partial charge in [-0.3, -0.25) is 0 Å². The van der Waals surface area contributed by atoms with Crippen molar-refractivity contribution in [2.45, 2.75) is 6.54 Å². The Bertz CT molecular complexity index is 1180. The number of amides is 1. The predicted octanol–water partition coefficient (Wildman–Crippen LogP) is 2.61. The number of pyridine rings is 2. The molecular weight excluding hydrogens is 461 g/mol. The summed E-state index contributed by atoms with van der Waals surface area (Å²) < 4.78 is 7.29. The topological polar surface area (TPSA) is 64.1 Å². The Morgan fingerprint density at radius 1 is 1.07 bits per heavy atom. The fourth-order valence-corrected chi connectivity index (χ4v) is 5.39. The molecule has 1 N–H and O–H groups in total. The van der Waals surface area contributed by atoms with Gasteiger partial charge in [0.2, 0.25) is 0 Å². The number of nitrogens with zero attached hydrogens (tertiary/aromatic N) is 2. The quantitative estimate of drug-likeness (QED) is 0.432. The number of carbonyl (C=O) groups is 1. The molecule has 7 heteroatoms. The molecule has 1 unspecified atom stereocenters. The molecule has 30 heavy (non-hydrogen) atoms. The van der Waals surface area contributed by atoms with Gasteiger partial charge in [-0.2, -0.15) is 0 Å². The maximum atomic E-state index is 12.4. The Morgan fingerprint density at radius 2 is 1.90 bits per heavy atom. The molecule has 2 aromatic heterocycles. The van der Waals surface area contributed by atoms with Crippen LogP contribution >= 0.6 is 11.6 Å². The number of ether oxygens (including phenoxy) is 1. The van der Waals surface area contributed by atoms with Crippen molar-refractivity contribution in [3.63, 3.8) is 0 Å². The van der Waals surface area contributed by atoms with Crippen molar-refractivity contribution in [3.05, 3.63) is 89.3 Å². The average Bonchev–Trinajstić information content (AvgIpc) is 2.78. The van der Waals surface area contributed by atoms with E-state index in [2.05, 4.69) is 15.3 Å². The van der Waals surface area contributed by atoms with Crippen LogP contribution in [0.15, 0.2) is 73.1 Å². The second-order valence-corrected chi connectivity index (χ2v) is 9.78. The molecule has 4 aromatic rings. The molecule has 0 aliphatic carbocycles. The van der Waals surface area contributed by atoms with E-state index in [0.717, 1.165) is 30.9 Å². The van der Waals surface area contributed by atoms with Gasteiger partial charge in [0.05, 0.1) is 7.11 Å². The van der Waals surface area contributed by atoms with E-state index in [9.17, 15) is 4.79 Å². The summed E-state index contributed by atoms with van der Waals surface area (Å²) in [5.74, 6) is 0.585. The number of methoxy groups -OCH3 is 1. The molecule has 0 bridgehead atoms. The molecule has 0 aliphatic rings. The van der Waals surface area contributed by atoms with Crippen LogP contribution in [0.1, 0.15) is 16.1 Å². The molecule has 0 saturated carbocycles. The number of halogens is 1. The van der Waals surface area contributed by atoms with Crippen molar-refractivity contribution in [2.24, 2.45) is 0 Å². The molecular formula is C23H19AsClN3O2. The third kappa shape index (κ3) is 4.81. The van der Waals surface area contributed by atoms with Gasteiger partial charge in [0, 0.05) is 0 Å². The van der Waals surface area contributed by atoms with Gasteiger partial charge < -0.3 is 0 Å². The van der Waals surface area contributed by atoms with Crippen molar-refractivity contribution < 1.29 is 9.53 Å². The Balaban J connectivity index is 1.42. The summed E-state index contributed by atoms with van der Waals surface area (Å²) in [5, 5.41) is 5.79. The number of carbonyl (C=O) groups excluding carboxylic acids is 1. The van der Waals surface area contributed by atoms with Crippen LogP contribution in [-0.4, -0.2) is 38.7 Å². The van der Waals surface area contributed by atoms with E-state index >= 15 is 0 Å². The second-order valence-electron chi connectivity index (χ2n) is 6.61. The van der Waals surface area contributed by atoms with E-state index < -0.39 is 15.8 Å². The number of benzene rings is 2. The molecule has 0 radical (unpaired) electrons. The zero-order valence-corrected chi connectivity index (χ0v) is 19.1. The number of nitrogens with one attached hydrogen (secondary N) is 1. The molecule has 0 spiro atoms. The summed E-state index contributed by atoms with van der Waals surface area (Å²) in [6, 6.07) is 19.1. The van der Waals surface area contributed by atoms with Gasteiger partial charge in [0.15, 0.2) is 0 Å². The Labute approximate surface area is 186 Å². The van der Waals surface area contributed by atoms with E-state index in [1.54, 1.807) is 19.4 Å². The van der Waals surface area contributed by atoms with Crippen molar-refractivity contribution >= 4 is 52.9 Å². The first kappa shape index (κ1) is 20.4. The van der Waals surface area contributed by atoms with Crippen molar-refractivity contribution in [1.82, 2.24) is 15.3 Å². The van der Waals surface area contributed by atoms with Gasteiger partial charge in [-0.25, -0.2) is 0 Å². The van der Waals surface area contributed by atoms with Gasteiger partial charge in [-0.15, -0.1) is 0 Å². The monoisotopic (exact) mass is 479 g/mol. The van der Waals surface area contributed by atoms with Gasteiger partial charge >= 0.3 is 179 Å². The predicted molar refractivity (Wildman–Crippen MR) is 122 cm³/mol. The zero-order chi connectivity index (χ0) is 20.9. The molecule has 4 rings (SSSR count). The zero-order valence-electron chi connectivity index (χ0n) is 16.2. The minimum atomic E-state index is -0.702. The van der Waals surface area contributed by atoms with Gasteiger partial charge in [0.1, 0.15) is 0 Å². The molecule has 0 aliphatic heterocycles. The number of hydrogen-bond donors (Lipinski definition) is 1. The first-order valence-corrected chi connectivity index (χ1v) is 11.8. The summed E-state index contributed by atoms with van der Waals surface area (Å²) in [4.78, 5) is 21.3. The third-order valence-corrected chi connectivity index (χ3v) is 7.39. The van der Waals surface area contributed by atoms with E-state index in [4.69, 9.17) is 16.3 Å². The molecule has 0 saturated heterocycles. The van der Waals surface area contributed by atoms with E-state index in [1.807, 2.05) is 60.8 Å². The summed E-state index contributed by atoms with van der Waals surface area (Å²) >= 11 is 5.46. The summed E-state index contributed by atoms with van der Waals surface area (Å²) in [7, 11) is 1.63. The SMILES string of the molecule is COc1ccc(CNC(=O)c2ccc([AsH]c3nccc4ccc(Cl)cc34)cn2)cc1. The Kier molecular flexibility index (Phi) is 6.31. The van der Waals surface area contributed by atoms with Crippen LogP contribution in [0.5, 0.6) is 5.75 Å². The van der Waals surface area contributed by atoms with Gasteiger partial charge in [-0.1, -0.05) is 0 Å². The first-order valence-electron chi connectivity index (χ1n) is 9.31. The summed E-state index contributed by atoms with van der Waals surface area (Å²) in [6.07, 6.45) is 3.59. The van der Waals surface area contributed by atoms with Crippen LogP contribution in [0.3, 0.4) is 0 Å². The second kappa shape index (κ2) is 9.29. The van der Waals surface area contributed by atoms with Crippen LogP contribution in [0.25, 0.3) is 10.8 Å². The molecule has 0 fully saturated rings. The fourth-order valence-electron chi connectivity index (χ4n) is 3.00. The number of aromatic nitrogens is 2. The van der Waals surface area contributed by atoms with Crippen molar-refractivity contribution in [1.29, 1.82) is 0 Å². The Morgan fingerprint density at radius 3 is 2.63 bits per heavy atom. The summed E-state index contributed by atoms with van der Waals surface area (Å²) in [6.45, 7) is 0.431. The molecule has 5 nitrogen and oxygen atoms in total. The molecule has 150 valence electrons. The standard InChI is InChI=1S/C23H19AsClN3O2/c1-30-19-7-2-15(3-8-19)13-28-23(29)21-9-5-17(14-27-21)24-22-20-12-18(25)6-4-16(20)10-11-26-22/h2-12,14,24H,13H2,1H3,(H,28,29). The van der Waals surface area contributed by atoms with Crippen LogP contribution in [0, 0.1) is 0 Å². The third-order valence-electron chi connectivity index (χ3n) is 4.60. The molecule has 1 atom stereocenters. The first-order chi connectivity index (χ1) is 14.6. The number of hydrogen-bond acceptors (Lipinski definition) is 4. The minimum absolute atomic E-state index is 0.201. The van der Waals surface area contributed by atoms with E-state index in [1.165, 1.54) is 0 Å². The average molecular weight is 480 g/mol. The Hall–Kier alpha value is -2.88. The number of fused-ring (bicyclic) bond motifs is 1. The summed E-state index contributed by atoms with van der Waals surface area (Å²) in [5.41, 5.74) is 1.39. The molecule has 1 amide bonds. The van der Waals surface area contributed by atoms with Gasteiger partial charge in [0.25, 0.3) is 0 Å². The van der Waals surface area contributed by atoms with Gasteiger partial charge in [-0.05, 0) is 0 Å². The molecule has 2 heterocycles. The molecule has 2 aromatic carbocycles. The van der Waals surface area contributed by atoms with Crippen LogP contribution in [-0.2, 0) is 6.54 Å². The van der Waals surface area contributed by atoms with Crippen LogP contribution < -0.4 is 18.9 Å². The number of rotatable bonds is 6. The maximum absolute atomic E-state index is 12.4. The van der Waals surface area contributed by atoms with Crippen molar-refractivity contribution in [3.8, 4) is 5.75 Å².